The van der Waals surface area contributed by atoms with Crippen LogP contribution in [0.2, 0.25) is 0 Å². The third-order valence-electron chi connectivity index (χ3n) is 2.78. The van der Waals surface area contributed by atoms with Gasteiger partial charge in [-0.05, 0) is 51.1 Å². The molecule has 1 rings (SSSR count). The van der Waals surface area contributed by atoms with Crippen LogP contribution in [0.25, 0.3) is 0 Å². The molecule has 1 fully saturated rings. The van der Waals surface area contributed by atoms with Crippen LogP contribution in [0.4, 0.5) is 0 Å². The molecule has 0 aromatic heterocycles. The molecule has 0 aromatic carbocycles. The van der Waals surface area contributed by atoms with Gasteiger partial charge in [-0.3, -0.25) is 4.79 Å². The second-order valence-corrected chi connectivity index (χ2v) is 5.32. The highest BCUT2D eigenvalue weighted by Crippen LogP contribution is 2.16. The number of likely N-dealkylation sites (tertiary alicyclic amines) is 1. The van der Waals surface area contributed by atoms with E-state index in [1.54, 1.807) is 11.8 Å². The van der Waals surface area contributed by atoms with Crippen LogP contribution in [0.1, 0.15) is 32.6 Å². The molecule has 4 heteroatoms. The summed E-state index contributed by atoms with van der Waals surface area (Å²) in [5.74, 6) is 0.310. The van der Waals surface area contributed by atoms with Crippen molar-refractivity contribution in [3.8, 4) is 0 Å². The maximum Gasteiger partial charge on any atom is 0.316 e. The van der Waals surface area contributed by atoms with Gasteiger partial charge in [0.05, 0.1) is 0 Å². The average molecular weight is 231 g/mol. The predicted octanol–water partition coefficient (Wildman–Crippen LogP) is 2.07. The average Bonchev–Trinajstić information content (AvgIpc) is 2.70. The van der Waals surface area contributed by atoms with Crippen LogP contribution in [0.5, 0.6) is 0 Å². The highest BCUT2D eigenvalue weighted by Gasteiger charge is 2.15. The fourth-order valence-corrected chi connectivity index (χ4v) is 2.84. The first-order valence-corrected chi connectivity index (χ1v) is 6.85. The lowest BCUT2D eigenvalue weighted by Crippen LogP contribution is -2.21. The van der Waals surface area contributed by atoms with E-state index in [1.807, 2.05) is 6.92 Å². The number of carboxylic acid groups (broad SMARTS) is 1. The van der Waals surface area contributed by atoms with E-state index in [9.17, 15) is 4.79 Å². The minimum atomic E-state index is -0.663. The van der Waals surface area contributed by atoms with Crippen LogP contribution < -0.4 is 0 Å². The summed E-state index contributed by atoms with van der Waals surface area (Å²) in [4.78, 5) is 13.2. The molecule has 15 heavy (non-hydrogen) atoms. The normalized spacial score (nSPS) is 19.3. The van der Waals surface area contributed by atoms with Crippen molar-refractivity contribution in [1.82, 2.24) is 4.90 Å². The molecule has 0 amide bonds. The summed E-state index contributed by atoms with van der Waals surface area (Å²) in [6.07, 6.45) is 4.51. The first-order chi connectivity index (χ1) is 7.24. The van der Waals surface area contributed by atoms with Gasteiger partial charge in [0, 0.05) is 0 Å². The van der Waals surface area contributed by atoms with Gasteiger partial charge >= 0.3 is 5.97 Å². The Morgan fingerprint density at radius 3 is 2.67 bits per heavy atom. The quantitative estimate of drug-likeness (QED) is 0.681. The van der Waals surface area contributed by atoms with E-state index >= 15 is 0 Å². The number of hydrogen-bond acceptors (Lipinski definition) is 3. The van der Waals surface area contributed by atoms with E-state index in [4.69, 9.17) is 5.11 Å². The molecule has 88 valence electrons. The topological polar surface area (TPSA) is 40.5 Å². The number of nitrogens with zero attached hydrogens (tertiary/aromatic N) is 1. The van der Waals surface area contributed by atoms with Gasteiger partial charge in [-0.2, -0.15) is 0 Å². The maximum absolute atomic E-state index is 10.7. The Balaban J connectivity index is 2.02. The second-order valence-electron chi connectivity index (χ2n) is 4.01. The van der Waals surface area contributed by atoms with Crippen LogP contribution in [-0.2, 0) is 4.79 Å². The lowest BCUT2D eigenvalue weighted by atomic mass is 10.3. The van der Waals surface area contributed by atoms with Crippen molar-refractivity contribution in [3.05, 3.63) is 0 Å². The smallest absolute Gasteiger partial charge is 0.316 e. The van der Waals surface area contributed by atoms with Gasteiger partial charge in [0.1, 0.15) is 5.25 Å². The summed E-state index contributed by atoms with van der Waals surface area (Å²) in [5, 5.41) is 8.65. The summed E-state index contributed by atoms with van der Waals surface area (Å²) in [6.45, 7) is 5.55. The lowest BCUT2D eigenvalue weighted by Gasteiger charge is -2.14. The molecule has 0 saturated carbocycles. The summed E-state index contributed by atoms with van der Waals surface area (Å²) in [6, 6.07) is 0. The van der Waals surface area contributed by atoms with Crippen molar-refractivity contribution in [2.75, 3.05) is 25.4 Å². The third kappa shape index (κ3) is 4.89. The van der Waals surface area contributed by atoms with Gasteiger partial charge in [-0.25, -0.2) is 0 Å². The van der Waals surface area contributed by atoms with E-state index < -0.39 is 5.97 Å². The number of carbonyl (C=O) groups is 1. The van der Waals surface area contributed by atoms with E-state index in [0.29, 0.717) is 0 Å². The third-order valence-corrected chi connectivity index (χ3v) is 4.24. The number of thioether (sulfide) groups is 1. The molecule has 1 aliphatic heterocycles. The van der Waals surface area contributed by atoms with Crippen molar-refractivity contribution in [3.63, 3.8) is 0 Å². The molecular formula is C11H21NO2S. The first kappa shape index (κ1) is 12.8. The Morgan fingerprint density at radius 1 is 1.47 bits per heavy atom. The zero-order valence-electron chi connectivity index (χ0n) is 9.45. The monoisotopic (exact) mass is 231 g/mol. The first-order valence-electron chi connectivity index (χ1n) is 5.80. The highest BCUT2D eigenvalue weighted by molar-refractivity contribution is 8.00. The lowest BCUT2D eigenvalue weighted by molar-refractivity contribution is -0.136. The van der Waals surface area contributed by atoms with Gasteiger partial charge in [0.2, 0.25) is 0 Å². The summed E-state index contributed by atoms with van der Waals surface area (Å²) >= 11 is 1.59. The molecule has 0 aliphatic carbocycles. The predicted molar refractivity (Wildman–Crippen MR) is 64.5 cm³/mol. The molecule has 3 nitrogen and oxygen atoms in total. The maximum atomic E-state index is 10.7. The highest BCUT2D eigenvalue weighted by atomic mass is 32.2. The SMILES string of the molecule is CCC(SCCCN1CCCC1)C(=O)O. The minimum Gasteiger partial charge on any atom is -0.480 e. The van der Waals surface area contributed by atoms with Gasteiger partial charge in [0.25, 0.3) is 0 Å². The molecule has 0 aromatic rings. The van der Waals surface area contributed by atoms with Crippen LogP contribution in [-0.4, -0.2) is 46.6 Å². The molecule has 1 unspecified atom stereocenters. The Labute approximate surface area is 96.2 Å². The number of hydrogen-bond donors (Lipinski definition) is 1. The Kier molecular flexibility index (Phi) is 6.10. The van der Waals surface area contributed by atoms with E-state index in [2.05, 4.69) is 4.90 Å². The summed E-state index contributed by atoms with van der Waals surface area (Å²) in [7, 11) is 0. The zero-order chi connectivity index (χ0) is 11.1. The minimum absolute atomic E-state index is 0.205. The zero-order valence-corrected chi connectivity index (χ0v) is 10.3. The molecular weight excluding hydrogens is 210 g/mol. The standard InChI is InChI=1S/C11H21NO2S/c1-2-10(11(13)14)15-9-5-8-12-6-3-4-7-12/h10H,2-9H2,1H3,(H,13,14). The van der Waals surface area contributed by atoms with Gasteiger partial charge in [-0.1, -0.05) is 6.92 Å². The van der Waals surface area contributed by atoms with E-state index in [-0.39, 0.29) is 5.25 Å². The van der Waals surface area contributed by atoms with Crippen molar-refractivity contribution < 1.29 is 9.90 Å². The van der Waals surface area contributed by atoms with Gasteiger partial charge < -0.3 is 10.0 Å². The Bertz CT molecular complexity index is 193. The molecule has 1 aliphatic rings. The van der Waals surface area contributed by atoms with Crippen molar-refractivity contribution in [1.29, 1.82) is 0 Å². The summed E-state index contributed by atoms with van der Waals surface area (Å²) < 4.78 is 0. The van der Waals surface area contributed by atoms with E-state index in [1.165, 1.54) is 25.9 Å². The largest absolute Gasteiger partial charge is 0.480 e. The van der Waals surface area contributed by atoms with Crippen molar-refractivity contribution in [2.24, 2.45) is 0 Å². The molecule has 0 radical (unpaired) electrons. The number of carboxylic acids is 1. The Morgan fingerprint density at radius 2 is 2.13 bits per heavy atom. The van der Waals surface area contributed by atoms with Crippen LogP contribution in [0.15, 0.2) is 0 Å². The molecule has 0 spiro atoms. The molecule has 0 bridgehead atoms. The van der Waals surface area contributed by atoms with Crippen LogP contribution in [0, 0.1) is 0 Å². The van der Waals surface area contributed by atoms with Gasteiger partial charge in [-0.15, -0.1) is 11.8 Å². The molecule has 1 atom stereocenters. The van der Waals surface area contributed by atoms with E-state index in [0.717, 1.165) is 25.1 Å². The van der Waals surface area contributed by atoms with Crippen LogP contribution >= 0.6 is 11.8 Å². The number of aliphatic carboxylic acids is 1. The molecule has 1 saturated heterocycles. The molecule has 1 N–H and O–H groups in total. The number of rotatable bonds is 7. The van der Waals surface area contributed by atoms with Crippen molar-refractivity contribution in [2.45, 2.75) is 37.9 Å². The molecule has 1 heterocycles. The van der Waals surface area contributed by atoms with Crippen LogP contribution in [0.3, 0.4) is 0 Å². The van der Waals surface area contributed by atoms with Gasteiger partial charge in [0.15, 0.2) is 0 Å². The Hall–Kier alpha value is -0.220. The van der Waals surface area contributed by atoms with Crippen molar-refractivity contribution >= 4 is 17.7 Å². The summed E-state index contributed by atoms with van der Waals surface area (Å²) in [5.41, 5.74) is 0. The second kappa shape index (κ2) is 7.12. The fraction of sp³-hybridized carbons (Fsp3) is 0.909. The fourth-order valence-electron chi connectivity index (χ4n) is 1.88.